The monoisotopic (exact) mass is 224 g/mol. The molecule has 0 heterocycles. The predicted octanol–water partition coefficient (Wildman–Crippen LogP) is 1.09. The average molecular weight is 224 g/mol. The normalized spacial score (nSPS) is 10.6. The van der Waals surface area contributed by atoms with Crippen molar-refractivity contribution in [2.45, 2.75) is 6.54 Å². The third-order valence-electron chi connectivity index (χ3n) is 2.37. The van der Waals surface area contributed by atoms with Gasteiger partial charge in [0.15, 0.2) is 0 Å². The highest BCUT2D eigenvalue weighted by Crippen LogP contribution is 2.23. The zero-order valence-electron chi connectivity index (χ0n) is 10.2. The van der Waals surface area contributed by atoms with Crippen LogP contribution in [0.15, 0.2) is 18.2 Å². The molecule has 0 aromatic heterocycles. The van der Waals surface area contributed by atoms with Crippen molar-refractivity contribution in [3.63, 3.8) is 0 Å². The van der Waals surface area contributed by atoms with Gasteiger partial charge < -0.3 is 20.1 Å². The fraction of sp³-hybridized carbons (Fsp3) is 0.500. The largest absolute Gasteiger partial charge is 0.497 e. The van der Waals surface area contributed by atoms with Gasteiger partial charge in [0.1, 0.15) is 11.5 Å². The van der Waals surface area contributed by atoms with Gasteiger partial charge in [0, 0.05) is 25.7 Å². The quantitative estimate of drug-likeness (QED) is 0.786. The summed E-state index contributed by atoms with van der Waals surface area (Å²) in [7, 11) is 5.35. The fourth-order valence-corrected chi connectivity index (χ4v) is 1.57. The number of nitrogens with two attached hydrogens (primary N) is 1. The highest BCUT2D eigenvalue weighted by atomic mass is 16.5. The van der Waals surface area contributed by atoms with Crippen LogP contribution < -0.4 is 15.2 Å². The van der Waals surface area contributed by atoms with Gasteiger partial charge in [0.05, 0.1) is 14.2 Å². The van der Waals surface area contributed by atoms with E-state index in [1.807, 2.05) is 25.2 Å². The van der Waals surface area contributed by atoms with Gasteiger partial charge in [-0.05, 0) is 24.7 Å². The van der Waals surface area contributed by atoms with Gasteiger partial charge in [-0.2, -0.15) is 0 Å². The lowest BCUT2D eigenvalue weighted by molar-refractivity contribution is 0.333. The summed E-state index contributed by atoms with van der Waals surface area (Å²) in [6, 6.07) is 5.89. The fourth-order valence-electron chi connectivity index (χ4n) is 1.57. The Kier molecular flexibility index (Phi) is 5.08. The van der Waals surface area contributed by atoms with E-state index in [4.69, 9.17) is 15.2 Å². The number of hydrogen-bond donors (Lipinski definition) is 1. The molecule has 16 heavy (non-hydrogen) atoms. The van der Waals surface area contributed by atoms with Crippen LogP contribution in [0.5, 0.6) is 11.5 Å². The minimum Gasteiger partial charge on any atom is -0.497 e. The number of hydrogen-bond acceptors (Lipinski definition) is 4. The molecule has 2 N–H and O–H groups in total. The van der Waals surface area contributed by atoms with E-state index in [9.17, 15) is 0 Å². The van der Waals surface area contributed by atoms with E-state index in [1.54, 1.807) is 14.2 Å². The smallest absolute Gasteiger partial charge is 0.122 e. The zero-order chi connectivity index (χ0) is 12.0. The summed E-state index contributed by atoms with van der Waals surface area (Å²) in [5.41, 5.74) is 6.66. The highest BCUT2D eigenvalue weighted by molar-refractivity contribution is 5.38. The van der Waals surface area contributed by atoms with Crippen LogP contribution in [0.3, 0.4) is 0 Å². The first-order chi connectivity index (χ1) is 7.69. The van der Waals surface area contributed by atoms with Crippen LogP contribution >= 0.6 is 0 Å². The first-order valence-electron chi connectivity index (χ1n) is 5.30. The van der Waals surface area contributed by atoms with E-state index in [-0.39, 0.29) is 0 Å². The lowest BCUT2D eigenvalue weighted by Crippen LogP contribution is -2.24. The standard InChI is InChI=1S/C12H20N2O2/c1-14(5-4-13)9-10-6-11(15-2)8-12(7-10)16-3/h6-8H,4-5,9,13H2,1-3H3. The van der Waals surface area contributed by atoms with Crippen LogP contribution in [0.2, 0.25) is 0 Å². The molecule has 0 aliphatic carbocycles. The first kappa shape index (κ1) is 12.8. The van der Waals surface area contributed by atoms with Crippen molar-refractivity contribution < 1.29 is 9.47 Å². The first-order valence-corrected chi connectivity index (χ1v) is 5.30. The third-order valence-corrected chi connectivity index (χ3v) is 2.37. The maximum atomic E-state index is 5.50. The molecule has 4 nitrogen and oxygen atoms in total. The van der Waals surface area contributed by atoms with Gasteiger partial charge in [0.2, 0.25) is 0 Å². The molecule has 0 aliphatic rings. The molecule has 0 atom stereocenters. The van der Waals surface area contributed by atoms with Crippen molar-refractivity contribution in [1.82, 2.24) is 4.90 Å². The molecular formula is C12H20N2O2. The van der Waals surface area contributed by atoms with E-state index < -0.39 is 0 Å². The maximum Gasteiger partial charge on any atom is 0.122 e. The molecule has 0 saturated heterocycles. The lowest BCUT2D eigenvalue weighted by Gasteiger charge is -2.16. The van der Waals surface area contributed by atoms with E-state index in [1.165, 1.54) is 0 Å². The van der Waals surface area contributed by atoms with Crippen molar-refractivity contribution >= 4 is 0 Å². The van der Waals surface area contributed by atoms with Crippen LogP contribution in [0.4, 0.5) is 0 Å². The molecule has 1 aromatic rings. The molecular weight excluding hydrogens is 204 g/mol. The molecule has 1 rings (SSSR count). The Balaban J connectivity index is 2.78. The van der Waals surface area contributed by atoms with Crippen LogP contribution in [-0.2, 0) is 6.54 Å². The SMILES string of the molecule is COc1cc(CN(C)CCN)cc(OC)c1. The summed E-state index contributed by atoms with van der Waals surface area (Å²) >= 11 is 0. The Bertz CT molecular complexity index is 307. The number of nitrogens with zero attached hydrogens (tertiary/aromatic N) is 1. The molecule has 4 heteroatoms. The minimum atomic E-state index is 0.664. The van der Waals surface area contributed by atoms with Crippen molar-refractivity contribution in [2.75, 3.05) is 34.4 Å². The Hall–Kier alpha value is -1.26. The van der Waals surface area contributed by atoms with Crippen molar-refractivity contribution in [1.29, 1.82) is 0 Å². The average Bonchev–Trinajstić information content (AvgIpc) is 2.28. The molecule has 0 bridgehead atoms. The second-order valence-electron chi connectivity index (χ2n) is 3.75. The summed E-state index contributed by atoms with van der Waals surface area (Å²) in [5, 5.41) is 0. The minimum absolute atomic E-state index is 0.664. The molecule has 0 radical (unpaired) electrons. The van der Waals surface area contributed by atoms with Crippen molar-refractivity contribution in [3.8, 4) is 11.5 Å². The van der Waals surface area contributed by atoms with Gasteiger partial charge in [0.25, 0.3) is 0 Å². The number of ether oxygens (including phenoxy) is 2. The topological polar surface area (TPSA) is 47.7 Å². The zero-order valence-corrected chi connectivity index (χ0v) is 10.2. The summed E-state index contributed by atoms with van der Waals surface area (Å²) < 4.78 is 10.4. The molecule has 0 aliphatic heterocycles. The Morgan fingerprint density at radius 3 is 2.12 bits per heavy atom. The summed E-state index contributed by atoms with van der Waals surface area (Å²) in [5.74, 6) is 1.63. The third kappa shape index (κ3) is 3.72. The van der Waals surface area contributed by atoms with E-state index in [0.717, 1.165) is 30.2 Å². The number of methoxy groups -OCH3 is 2. The van der Waals surface area contributed by atoms with Crippen LogP contribution in [0, 0.1) is 0 Å². The van der Waals surface area contributed by atoms with E-state index in [0.29, 0.717) is 6.54 Å². The number of benzene rings is 1. The molecule has 0 saturated carbocycles. The van der Waals surface area contributed by atoms with Gasteiger partial charge in [-0.3, -0.25) is 0 Å². The molecule has 0 spiro atoms. The van der Waals surface area contributed by atoms with Crippen LogP contribution in [-0.4, -0.2) is 39.3 Å². The summed E-state index contributed by atoms with van der Waals surface area (Å²) in [6.07, 6.45) is 0. The lowest BCUT2D eigenvalue weighted by atomic mass is 10.2. The predicted molar refractivity (Wildman–Crippen MR) is 64.9 cm³/mol. The Labute approximate surface area is 96.9 Å². The van der Waals surface area contributed by atoms with Gasteiger partial charge in [-0.25, -0.2) is 0 Å². The number of rotatable bonds is 6. The molecule has 0 unspecified atom stereocenters. The van der Waals surface area contributed by atoms with E-state index in [2.05, 4.69) is 4.90 Å². The van der Waals surface area contributed by atoms with E-state index >= 15 is 0 Å². The van der Waals surface area contributed by atoms with Gasteiger partial charge in [-0.15, -0.1) is 0 Å². The van der Waals surface area contributed by atoms with Crippen LogP contribution in [0.25, 0.3) is 0 Å². The number of likely N-dealkylation sites (N-methyl/N-ethyl adjacent to an activating group) is 1. The van der Waals surface area contributed by atoms with Gasteiger partial charge >= 0.3 is 0 Å². The molecule has 0 fully saturated rings. The Morgan fingerprint density at radius 2 is 1.69 bits per heavy atom. The second kappa shape index (κ2) is 6.35. The molecule has 90 valence electrons. The second-order valence-corrected chi connectivity index (χ2v) is 3.75. The van der Waals surface area contributed by atoms with Crippen molar-refractivity contribution in [3.05, 3.63) is 23.8 Å². The summed E-state index contributed by atoms with van der Waals surface area (Å²) in [4.78, 5) is 2.16. The highest BCUT2D eigenvalue weighted by Gasteiger charge is 2.04. The molecule has 0 amide bonds. The van der Waals surface area contributed by atoms with Gasteiger partial charge in [-0.1, -0.05) is 0 Å². The van der Waals surface area contributed by atoms with Crippen LogP contribution in [0.1, 0.15) is 5.56 Å². The molecule has 1 aromatic carbocycles. The van der Waals surface area contributed by atoms with Crippen molar-refractivity contribution in [2.24, 2.45) is 5.73 Å². The maximum absolute atomic E-state index is 5.50. The Morgan fingerprint density at radius 1 is 1.12 bits per heavy atom. The summed E-state index contributed by atoms with van der Waals surface area (Å²) in [6.45, 7) is 2.38.